The van der Waals surface area contributed by atoms with E-state index in [0.29, 0.717) is 13.2 Å². The highest BCUT2D eigenvalue weighted by atomic mass is 16.5. The Morgan fingerprint density at radius 2 is 2.06 bits per heavy atom. The molecule has 0 atom stereocenters. The summed E-state index contributed by atoms with van der Waals surface area (Å²) in [6.07, 6.45) is 3.63. The van der Waals surface area contributed by atoms with Crippen molar-refractivity contribution in [3.8, 4) is 11.5 Å². The van der Waals surface area contributed by atoms with Gasteiger partial charge in [0.1, 0.15) is 0 Å². The molecule has 94 valence electrons. The average molecular weight is 235 g/mol. The molecule has 0 aromatic heterocycles. The van der Waals surface area contributed by atoms with E-state index in [1.807, 2.05) is 13.0 Å². The lowest BCUT2D eigenvalue weighted by Gasteiger charge is -2.41. The predicted octanol–water partition coefficient (Wildman–Crippen LogP) is 2.47. The molecule has 1 aromatic carbocycles. The van der Waals surface area contributed by atoms with Gasteiger partial charge in [-0.25, -0.2) is 0 Å². The Morgan fingerprint density at radius 3 is 2.53 bits per heavy atom. The van der Waals surface area contributed by atoms with Crippen LogP contribution in [-0.2, 0) is 5.41 Å². The van der Waals surface area contributed by atoms with Crippen molar-refractivity contribution in [1.82, 2.24) is 0 Å². The third-order valence-electron chi connectivity index (χ3n) is 3.78. The first-order chi connectivity index (χ1) is 8.25. The van der Waals surface area contributed by atoms with Crippen molar-refractivity contribution < 1.29 is 9.47 Å². The van der Waals surface area contributed by atoms with E-state index in [0.717, 1.165) is 11.5 Å². The molecule has 3 nitrogen and oxygen atoms in total. The van der Waals surface area contributed by atoms with Crippen molar-refractivity contribution in [3.05, 3.63) is 23.8 Å². The molecule has 0 unspecified atom stereocenters. The predicted molar refractivity (Wildman–Crippen MR) is 68.7 cm³/mol. The van der Waals surface area contributed by atoms with Gasteiger partial charge in [0.2, 0.25) is 0 Å². The molecule has 0 radical (unpaired) electrons. The first-order valence-corrected chi connectivity index (χ1v) is 6.27. The highest BCUT2D eigenvalue weighted by Crippen LogP contribution is 2.45. The molecule has 0 spiro atoms. The number of benzene rings is 1. The Balaban J connectivity index is 2.30. The molecular formula is C14H21NO2. The second-order valence-electron chi connectivity index (χ2n) is 4.64. The Bertz CT molecular complexity index is 380. The lowest BCUT2D eigenvalue weighted by molar-refractivity contribution is 0.250. The van der Waals surface area contributed by atoms with Crippen LogP contribution in [0.3, 0.4) is 0 Å². The van der Waals surface area contributed by atoms with Crippen molar-refractivity contribution >= 4 is 0 Å². The van der Waals surface area contributed by atoms with Crippen LogP contribution in [0.2, 0.25) is 0 Å². The molecular weight excluding hydrogens is 214 g/mol. The summed E-state index contributed by atoms with van der Waals surface area (Å²) < 4.78 is 10.9. The molecule has 1 aromatic rings. The van der Waals surface area contributed by atoms with Gasteiger partial charge in [-0.05, 0) is 37.5 Å². The van der Waals surface area contributed by atoms with E-state index in [1.54, 1.807) is 7.11 Å². The number of hydrogen-bond acceptors (Lipinski definition) is 3. The van der Waals surface area contributed by atoms with E-state index in [1.165, 1.54) is 24.8 Å². The van der Waals surface area contributed by atoms with Gasteiger partial charge < -0.3 is 15.2 Å². The quantitative estimate of drug-likeness (QED) is 0.852. The second kappa shape index (κ2) is 4.96. The fourth-order valence-corrected chi connectivity index (χ4v) is 2.49. The van der Waals surface area contributed by atoms with Crippen LogP contribution in [0.15, 0.2) is 18.2 Å². The van der Waals surface area contributed by atoms with E-state index < -0.39 is 0 Å². The summed E-state index contributed by atoms with van der Waals surface area (Å²) in [5.41, 5.74) is 7.38. The molecule has 0 aliphatic heterocycles. The Hall–Kier alpha value is -1.22. The fourth-order valence-electron chi connectivity index (χ4n) is 2.49. The average Bonchev–Trinajstić information content (AvgIpc) is 2.30. The van der Waals surface area contributed by atoms with Gasteiger partial charge in [-0.15, -0.1) is 0 Å². The van der Waals surface area contributed by atoms with Crippen molar-refractivity contribution in [2.75, 3.05) is 20.3 Å². The minimum Gasteiger partial charge on any atom is -0.493 e. The van der Waals surface area contributed by atoms with Crippen LogP contribution < -0.4 is 15.2 Å². The second-order valence-corrected chi connectivity index (χ2v) is 4.64. The third kappa shape index (κ3) is 2.12. The van der Waals surface area contributed by atoms with Gasteiger partial charge >= 0.3 is 0 Å². The van der Waals surface area contributed by atoms with Crippen LogP contribution in [-0.4, -0.2) is 20.3 Å². The monoisotopic (exact) mass is 235 g/mol. The van der Waals surface area contributed by atoms with E-state index in [2.05, 4.69) is 12.1 Å². The Kier molecular flexibility index (Phi) is 3.57. The zero-order chi connectivity index (χ0) is 12.3. The summed E-state index contributed by atoms with van der Waals surface area (Å²) in [7, 11) is 1.68. The SMILES string of the molecule is CCOc1ccc(C2(CN)CCC2)cc1OC. The number of ether oxygens (including phenoxy) is 2. The smallest absolute Gasteiger partial charge is 0.161 e. The van der Waals surface area contributed by atoms with E-state index in [-0.39, 0.29) is 5.41 Å². The van der Waals surface area contributed by atoms with Crippen LogP contribution in [0.5, 0.6) is 11.5 Å². The molecule has 1 aliphatic carbocycles. The topological polar surface area (TPSA) is 44.5 Å². The van der Waals surface area contributed by atoms with Gasteiger partial charge in [0.25, 0.3) is 0 Å². The normalized spacial score (nSPS) is 17.4. The Morgan fingerprint density at radius 1 is 1.29 bits per heavy atom. The van der Waals surface area contributed by atoms with Crippen molar-refractivity contribution in [3.63, 3.8) is 0 Å². The first-order valence-electron chi connectivity index (χ1n) is 6.27. The first kappa shape index (κ1) is 12.2. The molecule has 1 saturated carbocycles. The largest absolute Gasteiger partial charge is 0.493 e. The summed E-state index contributed by atoms with van der Waals surface area (Å²) in [4.78, 5) is 0. The van der Waals surface area contributed by atoms with Gasteiger partial charge in [-0.3, -0.25) is 0 Å². The van der Waals surface area contributed by atoms with Crippen LogP contribution in [0.1, 0.15) is 31.7 Å². The van der Waals surface area contributed by atoms with Gasteiger partial charge in [0, 0.05) is 12.0 Å². The zero-order valence-corrected chi connectivity index (χ0v) is 10.7. The summed E-state index contributed by atoms with van der Waals surface area (Å²) >= 11 is 0. The molecule has 1 aliphatic rings. The molecule has 0 amide bonds. The molecule has 1 fully saturated rings. The maximum Gasteiger partial charge on any atom is 0.161 e. The van der Waals surface area contributed by atoms with Crippen molar-refractivity contribution in [2.45, 2.75) is 31.6 Å². The third-order valence-corrected chi connectivity index (χ3v) is 3.78. The number of nitrogens with two attached hydrogens (primary N) is 1. The van der Waals surface area contributed by atoms with Gasteiger partial charge in [0.05, 0.1) is 13.7 Å². The van der Waals surface area contributed by atoms with Crippen LogP contribution in [0, 0.1) is 0 Å². The molecule has 0 bridgehead atoms. The van der Waals surface area contributed by atoms with Crippen molar-refractivity contribution in [1.29, 1.82) is 0 Å². The molecule has 0 saturated heterocycles. The zero-order valence-electron chi connectivity index (χ0n) is 10.7. The molecule has 2 rings (SSSR count). The maximum absolute atomic E-state index is 5.92. The molecule has 2 N–H and O–H groups in total. The summed E-state index contributed by atoms with van der Waals surface area (Å²) in [5, 5.41) is 0. The number of methoxy groups -OCH3 is 1. The van der Waals surface area contributed by atoms with E-state index >= 15 is 0 Å². The maximum atomic E-state index is 5.92. The van der Waals surface area contributed by atoms with Crippen LogP contribution in [0.25, 0.3) is 0 Å². The standard InChI is InChI=1S/C14H21NO2/c1-3-17-12-6-5-11(9-13(12)16-2)14(10-15)7-4-8-14/h5-6,9H,3-4,7-8,10,15H2,1-2H3. The molecule has 0 heterocycles. The number of rotatable bonds is 5. The summed E-state index contributed by atoms with van der Waals surface area (Å²) in [6.45, 7) is 3.34. The molecule has 17 heavy (non-hydrogen) atoms. The lowest BCUT2D eigenvalue weighted by Crippen LogP contribution is -2.41. The van der Waals surface area contributed by atoms with Crippen molar-refractivity contribution in [2.24, 2.45) is 5.73 Å². The highest BCUT2D eigenvalue weighted by Gasteiger charge is 2.37. The minimum atomic E-state index is 0.179. The summed E-state index contributed by atoms with van der Waals surface area (Å²) in [5.74, 6) is 1.62. The van der Waals surface area contributed by atoms with Gasteiger partial charge in [-0.1, -0.05) is 12.5 Å². The highest BCUT2D eigenvalue weighted by molar-refractivity contribution is 5.46. The minimum absolute atomic E-state index is 0.179. The van der Waals surface area contributed by atoms with Gasteiger partial charge in [-0.2, -0.15) is 0 Å². The fraction of sp³-hybridized carbons (Fsp3) is 0.571. The van der Waals surface area contributed by atoms with Gasteiger partial charge in [0.15, 0.2) is 11.5 Å². The lowest BCUT2D eigenvalue weighted by atomic mass is 9.64. The Labute approximate surface area is 103 Å². The van der Waals surface area contributed by atoms with E-state index in [9.17, 15) is 0 Å². The number of hydrogen-bond donors (Lipinski definition) is 1. The van der Waals surface area contributed by atoms with Crippen LogP contribution in [0.4, 0.5) is 0 Å². The summed E-state index contributed by atoms with van der Waals surface area (Å²) in [6, 6.07) is 6.20. The van der Waals surface area contributed by atoms with E-state index in [4.69, 9.17) is 15.2 Å². The van der Waals surface area contributed by atoms with Crippen LogP contribution >= 0.6 is 0 Å². The molecule has 3 heteroatoms.